The van der Waals surface area contributed by atoms with Gasteiger partial charge in [-0.1, -0.05) is 24.3 Å². The molecule has 0 saturated heterocycles. The number of nitrogens with zero attached hydrogens (tertiary/aromatic N) is 2. The van der Waals surface area contributed by atoms with E-state index in [2.05, 4.69) is 20.9 Å². The zero-order valence-corrected chi connectivity index (χ0v) is 22.0. The molecule has 0 aliphatic heterocycles. The van der Waals surface area contributed by atoms with Gasteiger partial charge in [-0.3, -0.25) is 19.2 Å². The Bertz CT molecular complexity index is 1030. The Kier molecular flexibility index (Phi) is 13.3. The maximum absolute atomic E-state index is 11.7. The molecule has 0 spiro atoms. The van der Waals surface area contributed by atoms with Gasteiger partial charge in [-0.25, -0.2) is 0 Å². The minimum Gasteiger partial charge on any atom is -0.480 e. The highest BCUT2D eigenvalue weighted by Gasteiger charge is 2.15. The fourth-order valence-corrected chi connectivity index (χ4v) is 4.68. The van der Waals surface area contributed by atoms with Crippen LogP contribution in [0.3, 0.4) is 0 Å². The fraction of sp³-hybridized carbons (Fsp3) is 0.333. The van der Waals surface area contributed by atoms with Crippen LogP contribution in [0.25, 0.3) is 0 Å². The Labute approximate surface area is 228 Å². The van der Waals surface area contributed by atoms with E-state index in [1.165, 1.54) is 23.5 Å². The van der Waals surface area contributed by atoms with Crippen molar-refractivity contribution in [2.75, 3.05) is 24.6 Å². The fourth-order valence-electron chi connectivity index (χ4n) is 2.78. The number of hydrogen-bond acceptors (Lipinski definition) is 10. The zero-order chi connectivity index (χ0) is 27.9. The highest BCUT2D eigenvalue weighted by atomic mass is 32.2. The molecule has 8 N–H and O–H groups in total. The number of carbonyl (C=O) groups excluding carboxylic acids is 2. The molecule has 12 nitrogen and oxygen atoms in total. The minimum atomic E-state index is -1.12. The summed E-state index contributed by atoms with van der Waals surface area (Å²) in [6.45, 7) is -0.905. The Balaban J connectivity index is 1.73. The first kappa shape index (κ1) is 30.8. The van der Waals surface area contributed by atoms with Crippen molar-refractivity contribution in [3.8, 4) is 0 Å². The molecule has 0 saturated carbocycles. The molecule has 0 aliphatic rings. The van der Waals surface area contributed by atoms with Gasteiger partial charge < -0.3 is 32.3 Å². The molecule has 2 amide bonds. The van der Waals surface area contributed by atoms with Crippen LogP contribution in [0, 0.1) is 0 Å². The number of nitrogens with two attached hydrogens (primary N) is 2. The number of carbonyl (C=O) groups is 4. The third kappa shape index (κ3) is 12.2. The van der Waals surface area contributed by atoms with Crippen molar-refractivity contribution >= 4 is 58.7 Å². The third-order valence-corrected chi connectivity index (χ3v) is 7.05. The molecule has 0 heterocycles. The molecule has 0 aliphatic carbocycles. The van der Waals surface area contributed by atoms with Gasteiger partial charge >= 0.3 is 11.9 Å². The Morgan fingerprint density at radius 1 is 0.684 bits per heavy atom. The Morgan fingerprint density at radius 3 is 1.34 bits per heavy atom. The number of benzene rings is 2. The number of thioether (sulfide) groups is 2. The maximum atomic E-state index is 11.7. The van der Waals surface area contributed by atoms with Gasteiger partial charge in [0.2, 0.25) is 11.8 Å². The second-order valence-corrected chi connectivity index (χ2v) is 10.1. The largest absolute Gasteiger partial charge is 0.480 e. The van der Waals surface area contributed by atoms with E-state index in [0.717, 1.165) is 11.1 Å². The Morgan fingerprint density at radius 2 is 1.03 bits per heavy atom. The van der Waals surface area contributed by atoms with Crippen LogP contribution < -0.4 is 22.1 Å². The molecule has 0 aromatic heterocycles. The average Bonchev–Trinajstić information content (AvgIpc) is 2.90. The molecule has 204 valence electrons. The predicted molar refractivity (Wildman–Crippen MR) is 147 cm³/mol. The van der Waals surface area contributed by atoms with Crippen molar-refractivity contribution < 1.29 is 29.4 Å². The molecule has 2 atom stereocenters. The zero-order valence-electron chi connectivity index (χ0n) is 20.4. The molecule has 38 heavy (non-hydrogen) atoms. The number of azo groups is 1. The molecule has 2 unspecified atom stereocenters. The van der Waals surface area contributed by atoms with Crippen LogP contribution in [-0.4, -0.2) is 70.6 Å². The van der Waals surface area contributed by atoms with Gasteiger partial charge in [-0.2, -0.15) is 33.8 Å². The van der Waals surface area contributed by atoms with Crippen LogP contribution in [0.5, 0.6) is 0 Å². The summed E-state index contributed by atoms with van der Waals surface area (Å²) >= 11 is 2.94. The second-order valence-electron chi connectivity index (χ2n) is 8.00. The number of nitrogens with one attached hydrogen (secondary N) is 2. The first-order valence-electron chi connectivity index (χ1n) is 11.4. The molecule has 2 aromatic rings. The van der Waals surface area contributed by atoms with E-state index in [9.17, 15) is 19.2 Å². The summed E-state index contributed by atoms with van der Waals surface area (Å²) in [5, 5.41) is 30.2. The van der Waals surface area contributed by atoms with Gasteiger partial charge in [-0.05, 0) is 35.4 Å². The van der Waals surface area contributed by atoms with Crippen molar-refractivity contribution in [1.82, 2.24) is 10.6 Å². The number of aliphatic carboxylic acids is 2. The monoisotopic (exact) mass is 562 g/mol. The van der Waals surface area contributed by atoms with E-state index in [-0.39, 0.29) is 0 Å². The lowest BCUT2D eigenvalue weighted by Gasteiger charge is -2.11. The van der Waals surface area contributed by atoms with Gasteiger partial charge in [0.1, 0.15) is 13.1 Å². The minimum absolute atomic E-state index is 0.357. The lowest BCUT2D eigenvalue weighted by atomic mass is 10.2. The van der Waals surface area contributed by atoms with Crippen LogP contribution in [0.2, 0.25) is 0 Å². The molecular formula is C24H30N6O6S2. The Hall–Kier alpha value is -3.46. The normalized spacial score (nSPS) is 12.6. The van der Waals surface area contributed by atoms with E-state index in [4.69, 9.17) is 21.7 Å². The number of hydrogen-bond donors (Lipinski definition) is 6. The van der Waals surface area contributed by atoms with Gasteiger partial charge in [0.15, 0.2) is 0 Å². The van der Waals surface area contributed by atoms with Crippen LogP contribution in [-0.2, 0) is 30.7 Å². The SMILES string of the molecule is NC(CSCc1ccc(N=Nc2ccc(CSCC(N)C(=O)NCC(=O)O)cc2)cc1)C(=O)NCC(=O)O. The van der Waals surface area contributed by atoms with Gasteiger partial charge in [0.05, 0.1) is 23.5 Å². The van der Waals surface area contributed by atoms with Crippen molar-refractivity contribution in [2.45, 2.75) is 23.6 Å². The van der Waals surface area contributed by atoms with Crippen molar-refractivity contribution in [3.05, 3.63) is 59.7 Å². The van der Waals surface area contributed by atoms with E-state index in [1.54, 1.807) is 0 Å². The van der Waals surface area contributed by atoms with Gasteiger partial charge in [0.25, 0.3) is 0 Å². The van der Waals surface area contributed by atoms with Crippen LogP contribution in [0.4, 0.5) is 11.4 Å². The summed E-state index contributed by atoms with van der Waals surface area (Å²) in [7, 11) is 0. The van der Waals surface area contributed by atoms with Crippen molar-refractivity contribution in [2.24, 2.45) is 21.7 Å². The molecular weight excluding hydrogens is 532 g/mol. The summed E-state index contributed by atoms with van der Waals surface area (Å²) in [6, 6.07) is 13.4. The highest BCUT2D eigenvalue weighted by molar-refractivity contribution is 7.98. The summed E-state index contributed by atoms with van der Waals surface area (Å²) in [5.41, 5.74) is 14.9. The number of amides is 2. The average molecular weight is 563 g/mol. The molecule has 14 heteroatoms. The van der Waals surface area contributed by atoms with Crippen molar-refractivity contribution in [3.63, 3.8) is 0 Å². The molecule has 0 bridgehead atoms. The molecule has 2 aromatic carbocycles. The van der Waals surface area contributed by atoms with E-state index < -0.39 is 48.9 Å². The smallest absolute Gasteiger partial charge is 0.322 e. The number of carboxylic acids is 2. The topological polar surface area (TPSA) is 210 Å². The van der Waals surface area contributed by atoms with Crippen LogP contribution >= 0.6 is 23.5 Å². The third-order valence-electron chi connectivity index (χ3n) is 4.79. The summed E-state index contributed by atoms with van der Waals surface area (Å²) in [6.07, 6.45) is 0. The van der Waals surface area contributed by atoms with Gasteiger partial charge in [0, 0.05) is 23.0 Å². The predicted octanol–water partition coefficient (Wildman–Crippen LogP) is 1.62. The lowest BCUT2D eigenvalue weighted by molar-refractivity contribution is -0.138. The first-order valence-corrected chi connectivity index (χ1v) is 13.7. The maximum Gasteiger partial charge on any atom is 0.322 e. The second kappa shape index (κ2) is 16.4. The van der Waals surface area contributed by atoms with E-state index >= 15 is 0 Å². The van der Waals surface area contributed by atoms with Crippen LogP contribution in [0.15, 0.2) is 58.8 Å². The quantitative estimate of drug-likeness (QED) is 0.163. The summed E-state index contributed by atoms with van der Waals surface area (Å²) in [5.74, 6) is -1.25. The van der Waals surface area contributed by atoms with Crippen molar-refractivity contribution in [1.29, 1.82) is 0 Å². The number of carboxylic acid groups (broad SMARTS) is 2. The molecule has 2 rings (SSSR count). The molecule has 0 radical (unpaired) electrons. The highest BCUT2D eigenvalue weighted by Crippen LogP contribution is 2.22. The van der Waals surface area contributed by atoms with Crippen LogP contribution in [0.1, 0.15) is 11.1 Å². The van der Waals surface area contributed by atoms with E-state index in [1.807, 2.05) is 48.5 Å². The summed E-state index contributed by atoms with van der Waals surface area (Å²) < 4.78 is 0. The lowest BCUT2D eigenvalue weighted by Crippen LogP contribution is -2.44. The van der Waals surface area contributed by atoms with E-state index in [0.29, 0.717) is 34.4 Å². The standard InChI is InChI=1S/C24H30N6O6S2/c25-19(23(35)27-9-21(31)32)13-37-11-15-1-5-17(6-2-15)29-30-18-7-3-16(4-8-18)12-38-14-20(26)24(36)28-10-22(33)34/h1-8,19-20H,9-14,25-26H2,(H,27,35)(H,28,36)(H,31,32)(H,33,34). The summed E-state index contributed by atoms with van der Waals surface area (Å²) in [4.78, 5) is 44.4. The first-order chi connectivity index (χ1) is 18.1. The molecule has 0 fully saturated rings. The number of rotatable bonds is 16. The van der Waals surface area contributed by atoms with Gasteiger partial charge in [-0.15, -0.1) is 0 Å².